The minimum absolute atomic E-state index is 0.0578. The lowest BCUT2D eigenvalue weighted by Gasteiger charge is -2.36. The summed E-state index contributed by atoms with van der Waals surface area (Å²) in [6.07, 6.45) is 1.60. The van der Waals surface area contributed by atoms with Crippen LogP contribution in [0.1, 0.15) is 45.6 Å². The minimum Gasteiger partial charge on any atom is -0.350 e. The summed E-state index contributed by atoms with van der Waals surface area (Å²) in [5, 5.41) is 2.24. The van der Waals surface area contributed by atoms with Crippen molar-refractivity contribution in [1.82, 2.24) is 14.9 Å². The second-order valence-electron chi connectivity index (χ2n) is 9.26. The monoisotopic (exact) mass is 480 g/mol. The van der Waals surface area contributed by atoms with E-state index in [0.29, 0.717) is 30.7 Å². The zero-order valence-electron chi connectivity index (χ0n) is 18.9. The number of halogens is 1. The van der Waals surface area contributed by atoms with Crippen molar-refractivity contribution in [3.63, 3.8) is 0 Å². The van der Waals surface area contributed by atoms with Gasteiger partial charge in [0, 0.05) is 25.0 Å². The molecule has 0 saturated heterocycles. The Hall–Kier alpha value is -2.66. The second-order valence-corrected chi connectivity index (χ2v) is 11.3. The molecular formula is C22H29FN4O5S. The van der Waals surface area contributed by atoms with E-state index in [2.05, 4.69) is 15.0 Å². The Morgan fingerprint density at radius 1 is 1.18 bits per heavy atom. The number of amides is 2. The molecule has 1 aliphatic carbocycles. The fraction of sp³-hybridized carbons (Fsp3) is 0.545. The van der Waals surface area contributed by atoms with Gasteiger partial charge in [-0.05, 0) is 37.0 Å². The molecule has 2 amide bonds. The predicted molar refractivity (Wildman–Crippen MR) is 120 cm³/mol. The fourth-order valence-electron chi connectivity index (χ4n) is 3.42. The predicted octanol–water partition coefficient (Wildman–Crippen LogP) is 1.14. The molecule has 1 aromatic carbocycles. The summed E-state index contributed by atoms with van der Waals surface area (Å²) in [5.74, 6) is -2.62. The van der Waals surface area contributed by atoms with Crippen LogP contribution in [0.15, 0.2) is 29.3 Å². The summed E-state index contributed by atoms with van der Waals surface area (Å²) in [7, 11) is -3.33. The van der Waals surface area contributed by atoms with Crippen molar-refractivity contribution in [3.8, 4) is 0 Å². The molecule has 11 heteroatoms. The van der Waals surface area contributed by atoms with Gasteiger partial charge < -0.3 is 5.32 Å². The second kappa shape index (κ2) is 9.68. The fourth-order valence-corrected chi connectivity index (χ4v) is 4.84. The molecule has 2 aliphatic rings. The standard InChI is InChI=1S/C22H29FN4O5S/c1-22(2,3)21-26-17(19(29)24-13-14-5-7-15(23)8-6-14)18(28)20(30)27(21)12-4-11-25-33(31,32)16-9-10-16/h5-8,16-17,25H,4,9-13H2,1-3H3,(H,24,29). The Labute approximate surface area is 192 Å². The van der Waals surface area contributed by atoms with Crippen LogP contribution in [0.25, 0.3) is 0 Å². The molecule has 1 aromatic rings. The molecule has 1 aliphatic heterocycles. The van der Waals surface area contributed by atoms with Crippen molar-refractivity contribution in [2.75, 3.05) is 13.1 Å². The summed E-state index contributed by atoms with van der Waals surface area (Å²) in [4.78, 5) is 43.7. The summed E-state index contributed by atoms with van der Waals surface area (Å²) < 4.78 is 39.5. The average molecular weight is 481 g/mol. The van der Waals surface area contributed by atoms with Gasteiger partial charge in [-0.1, -0.05) is 32.9 Å². The molecule has 2 N–H and O–H groups in total. The van der Waals surface area contributed by atoms with Crippen molar-refractivity contribution in [3.05, 3.63) is 35.6 Å². The van der Waals surface area contributed by atoms with Gasteiger partial charge in [-0.15, -0.1) is 0 Å². The molecule has 9 nitrogen and oxygen atoms in total. The molecule has 0 radical (unpaired) electrons. The first kappa shape index (κ1) is 25.0. The van der Waals surface area contributed by atoms with E-state index in [-0.39, 0.29) is 24.9 Å². The number of carbonyl (C=O) groups excluding carboxylic acids is 3. The van der Waals surface area contributed by atoms with E-state index in [9.17, 15) is 27.2 Å². The molecule has 0 spiro atoms. The molecule has 1 fully saturated rings. The van der Waals surface area contributed by atoms with Gasteiger partial charge >= 0.3 is 0 Å². The molecular weight excluding hydrogens is 451 g/mol. The lowest BCUT2D eigenvalue weighted by atomic mass is 9.91. The van der Waals surface area contributed by atoms with Gasteiger partial charge in [0.25, 0.3) is 17.6 Å². The van der Waals surface area contributed by atoms with Crippen LogP contribution >= 0.6 is 0 Å². The average Bonchev–Trinajstić information content (AvgIpc) is 3.58. The number of carbonyl (C=O) groups is 3. The highest BCUT2D eigenvalue weighted by Crippen LogP contribution is 2.27. The third kappa shape index (κ3) is 6.23. The molecule has 1 saturated carbocycles. The van der Waals surface area contributed by atoms with Crippen LogP contribution in [-0.4, -0.2) is 61.1 Å². The van der Waals surface area contributed by atoms with Crippen molar-refractivity contribution in [1.29, 1.82) is 0 Å². The first-order valence-electron chi connectivity index (χ1n) is 10.8. The van der Waals surface area contributed by atoms with Crippen LogP contribution < -0.4 is 10.0 Å². The number of rotatable bonds is 9. The number of hydrogen-bond acceptors (Lipinski definition) is 6. The summed E-state index contributed by atoms with van der Waals surface area (Å²) in [6, 6.07) is 4.03. The van der Waals surface area contributed by atoms with Crippen LogP contribution in [0.5, 0.6) is 0 Å². The molecule has 1 atom stereocenters. The Morgan fingerprint density at radius 3 is 2.39 bits per heavy atom. The van der Waals surface area contributed by atoms with E-state index in [1.165, 1.54) is 29.2 Å². The number of ketones is 1. The molecule has 1 heterocycles. The van der Waals surface area contributed by atoms with E-state index in [1.807, 2.05) is 20.8 Å². The molecule has 180 valence electrons. The zero-order valence-corrected chi connectivity index (χ0v) is 19.7. The Bertz CT molecular complexity index is 1060. The third-order valence-corrected chi connectivity index (χ3v) is 7.29. The van der Waals surface area contributed by atoms with Gasteiger partial charge in [0.1, 0.15) is 11.7 Å². The number of nitrogens with zero attached hydrogens (tertiary/aromatic N) is 2. The number of benzene rings is 1. The van der Waals surface area contributed by atoms with Crippen molar-refractivity contribution >= 4 is 33.5 Å². The summed E-state index contributed by atoms with van der Waals surface area (Å²) in [6.45, 7) is 5.72. The van der Waals surface area contributed by atoms with E-state index in [1.54, 1.807) is 0 Å². The minimum atomic E-state index is -3.33. The SMILES string of the molecule is CC(C)(C)C1=NC(C(=O)NCc2ccc(F)cc2)C(=O)C(=O)N1CCCNS(=O)(=O)C1CC1. The third-order valence-electron chi connectivity index (χ3n) is 5.34. The van der Waals surface area contributed by atoms with Crippen LogP contribution in [0.4, 0.5) is 4.39 Å². The number of amidine groups is 1. The number of hydrogen-bond donors (Lipinski definition) is 2. The van der Waals surface area contributed by atoms with E-state index in [0.717, 1.165) is 0 Å². The first-order valence-corrected chi connectivity index (χ1v) is 12.4. The highest BCUT2D eigenvalue weighted by Gasteiger charge is 2.43. The van der Waals surface area contributed by atoms with Crippen LogP contribution in [0, 0.1) is 11.2 Å². The first-order chi connectivity index (χ1) is 15.4. The van der Waals surface area contributed by atoms with Gasteiger partial charge in [-0.3, -0.25) is 19.3 Å². The highest BCUT2D eigenvalue weighted by atomic mass is 32.2. The largest absolute Gasteiger partial charge is 0.350 e. The maximum atomic E-state index is 13.0. The van der Waals surface area contributed by atoms with E-state index >= 15 is 0 Å². The highest BCUT2D eigenvalue weighted by molar-refractivity contribution is 7.90. The van der Waals surface area contributed by atoms with Crippen LogP contribution in [0.3, 0.4) is 0 Å². The number of Topliss-reactive ketones (excluding diaryl/α,β-unsaturated/α-hetero) is 1. The Kier molecular flexibility index (Phi) is 7.32. The number of nitrogens with one attached hydrogen (secondary N) is 2. The normalized spacial score (nSPS) is 19.5. The van der Waals surface area contributed by atoms with Crippen LogP contribution in [-0.2, 0) is 31.0 Å². The molecule has 3 rings (SSSR count). The quantitative estimate of drug-likeness (QED) is 0.312. The van der Waals surface area contributed by atoms with E-state index in [4.69, 9.17) is 0 Å². The van der Waals surface area contributed by atoms with Crippen molar-refractivity contribution < 1.29 is 27.2 Å². The topological polar surface area (TPSA) is 125 Å². The molecule has 0 aromatic heterocycles. The van der Waals surface area contributed by atoms with Gasteiger partial charge in [-0.2, -0.15) is 0 Å². The molecule has 1 unspecified atom stereocenters. The van der Waals surface area contributed by atoms with Gasteiger partial charge in [-0.25, -0.2) is 22.5 Å². The Balaban J connectivity index is 1.67. The smallest absolute Gasteiger partial charge is 0.298 e. The van der Waals surface area contributed by atoms with Gasteiger partial charge in [0.2, 0.25) is 10.0 Å². The number of aliphatic imine (C=N–C) groups is 1. The lowest BCUT2D eigenvalue weighted by molar-refractivity contribution is -0.146. The zero-order chi connectivity index (χ0) is 24.4. The summed E-state index contributed by atoms with van der Waals surface area (Å²) >= 11 is 0. The van der Waals surface area contributed by atoms with Crippen LogP contribution in [0.2, 0.25) is 0 Å². The van der Waals surface area contributed by atoms with Crippen molar-refractivity contribution in [2.45, 2.75) is 57.9 Å². The summed E-state index contributed by atoms with van der Waals surface area (Å²) in [5.41, 5.74) is -0.00560. The van der Waals surface area contributed by atoms with Gasteiger partial charge in [0.15, 0.2) is 6.04 Å². The maximum absolute atomic E-state index is 13.0. The van der Waals surface area contributed by atoms with Gasteiger partial charge in [0.05, 0.1) is 5.25 Å². The lowest BCUT2D eigenvalue weighted by Crippen LogP contribution is -2.57. The van der Waals surface area contributed by atoms with Crippen molar-refractivity contribution in [2.24, 2.45) is 10.4 Å². The Morgan fingerprint density at radius 2 is 1.82 bits per heavy atom. The molecule has 33 heavy (non-hydrogen) atoms. The number of sulfonamides is 1. The maximum Gasteiger partial charge on any atom is 0.298 e. The van der Waals surface area contributed by atoms with E-state index < -0.39 is 44.9 Å². The molecule has 0 bridgehead atoms.